The van der Waals surface area contributed by atoms with Crippen molar-refractivity contribution in [2.75, 3.05) is 23.6 Å². The Balaban J connectivity index is 2.73. The highest BCUT2D eigenvalue weighted by Gasteiger charge is 2.15. The van der Waals surface area contributed by atoms with Gasteiger partial charge in [-0.25, -0.2) is 8.42 Å². The molecule has 0 radical (unpaired) electrons. The topological polar surface area (TPSA) is 58.2 Å². The summed E-state index contributed by atoms with van der Waals surface area (Å²) in [5.74, 6) is 0.0436. The summed E-state index contributed by atoms with van der Waals surface area (Å²) in [6.45, 7) is 3.30. The number of anilines is 1. The largest absolute Gasteiger partial charge is 0.316 e. The van der Waals surface area contributed by atoms with Crippen LogP contribution in [0.2, 0.25) is 0 Å². The first kappa shape index (κ1) is 17.4. The fourth-order valence-corrected chi connectivity index (χ4v) is 5.12. The molecule has 0 heterocycles. The van der Waals surface area contributed by atoms with Crippen LogP contribution in [0.25, 0.3) is 0 Å². The number of halogens is 3. The van der Waals surface area contributed by atoms with Gasteiger partial charge in [-0.2, -0.15) is 0 Å². The van der Waals surface area contributed by atoms with Crippen molar-refractivity contribution in [2.45, 2.75) is 13.3 Å². The van der Waals surface area contributed by atoms with Crippen LogP contribution in [0.5, 0.6) is 0 Å². The van der Waals surface area contributed by atoms with Gasteiger partial charge >= 0.3 is 0 Å². The lowest BCUT2D eigenvalue weighted by Gasteiger charge is -2.12. The van der Waals surface area contributed by atoms with E-state index in [0.717, 1.165) is 17.4 Å². The molecule has 108 valence electrons. The second-order valence-electron chi connectivity index (χ2n) is 3.92. The summed E-state index contributed by atoms with van der Waals surface area (Å²) in [7, 11) is -3.36. The average molecular weight is 479 g/mol. The molecule has 1 aromatic carbocycles. The Morgan fingerprint density at radius 3 is 2.21 bits per heavy atom. The molecule has 0 amide bonds. The second kappa shape index (κ2) is 7.97. The number of hydrogen-bond donors (Lipinski definition) is 2. The van der Waals surface area contributed by atoms with Gasteiger partial charge in [0.1, 0.15) is 0 Å². The van der Waals surface area contributed by atoms with Crippen molar-refractivity contribution in [1.82, 2.24) is 5.32 Å². The zero-order valence-corrected chi connectivity index (χ0v) is 15.9. The zero-order chi connectivity index (χ0) is 14.5. The highest BCUT2D eigenvalue weighted by Crippen LogP contribution is 2.34. The van der Waals surface area contributed by atoms with Crippen LogP contribution in [-0.2, 0) is 10.0 Å². The van der Waals surface area contributed by atoms with E-state index >= 15 is 0 Å². The van der Waals surface area contributed by atoms with E-state index in [9.17, 15) is 8.42 Å². The van der Waals surface area contributed by atoms with Crippen molar-refractivity contribution < 1.29 is 8.42 Å². The molecule has 0 atom stereocenters. The Kier molecular flexibility index (Phi) is 7.31. The van der Waals surface area contributed by atoms with E-state index in [-0.39, 0.29) is 5.75 Å². The van der Waals surface area contributed by atoms with Crippen LogP contribution in [0, 0.1) is 0 Å². The average Bonchev–Trinajstić information content (AvgIpc) is 2.29. The van der Waals surface area contributed by atoms with Crippen LogP contribution >= 0.6 is 47.8 Å². The predicted octanol–water partition coefficient (Wildman–Crippen LogP) is 3.72. The third-order valence-corrected chi connectivity index (χ3v) is 5.20. The minimum Gasteiger partial charge on any atom is -0.316 e. The first-order chi connectivity index (χ1) is 8.85. The van der Waals surface area contributed by atoms with Crippen LogP contribution in [0.4, 0.5) is 5.69 Å². The molecule has 1 aromatic rings. The van der Waals surface area contributed by atoms with E-state index in [2.05, 4.69) is 57.8 Å². The van der Waals surface area contributed by atoms with E-state index in [4.69, 9.17) is 0 Å². The van der Waals surface area contributed by atoms with Crippen molar-refractivity contribution >= 4 is 63.5 Å². The van der Waals surface area contributed by atoms with Crippen LogP contribution in [0.15, 0.2) is 25.6 Å². The summed E-state index contributed by atoms with van der Waals surface area (Å²) in [5.41, 5.74) is 0.513. The molecule has 0 aliphatic carbocycles. The Bertz CT molecular complexity index is 512. The molecule has 0 spiro atoms. The van der Waals surface area contributed by atoms with Gasteiger partial charge in [0, 0.05) is 20.0 Å². The van der Waals surface area contributed by atoms with Gasteiger partial charge in [0.05, 0.1) is 11.4 Å². The Hall–Kier alpha value is 0.370. The minimum atomic E-state index is -3.36. The maximum absolute atomic E-state index is 11.9. The minimum absolute atomic E-state index is 0.0436. The molecular formula is C11H15Br3N2O2S. The summed E-state index contributed by atoms with van der Waals surface area (Å²) in [4.78, 5) is 0. The van der Waals surface area contributed by atoms with Gasteiger partial charge in [0.2, 0.25) is 10.0 Å². The fraction of sp³-hybridized carbons (Fsp3) is 0.455. The molecule has 0 aliphatic heterocycles. The lowest BCUT2D eigenvalue weighted by Crippen LogP contribution is -2.27. The zero-order valence-electron chi connectivity index (χ0n) is 10.3. The number of hydrogen-bond acceptors (Lipinski definition) is 3. The summed E-state index contributed by atoms with van der Waals surface area (Å²) in [6.07, 6.45) is 0.983. The summed E-state index contributed by atoms with van der Waals surface area (Å²) < 4.78 is 28.7. The normalized spacial score (nSPS) is 11.6. The van der Waals surface area contributed by atoms with Gasteiger partial charge < -0.3 is 5.32 Å². The Labute approximate surface area is 139 Å². The molecular weight excluding hydrogens is 464 g/mol. The van der Waals surface area contributed by atoms with Crippen LogP contribution in [0.3, 0.4) is 0 Å². The third-order valence-electron chi connectivity index (χ3n) is 2.24. The van der Waals surface area contributed by atoms with Crippen LogP contribution < -0.4 is 10.0 Å². The van der Waals surface area contributed by atoms with Crippen LogP contribution in [0.1, 0.15) is 13.3 Å². The maximum Gasteiger partial charge on any atom is 0.234 e. The Morgan fingerprint density at radius 1 is 1.11 bits per heavy atom. The van der Waals surface area contributed by atoms with E-state index in [1.807, 2.05) is 6.92 Å². The first-order valence-electron chi connectivity index (χ1n) is 5.71. The van der Waals surface area contributed by atoms with Gasteiger partial charge in [-0.1, -0.05) is 22.9 Å². The quantitative estimate of drug-likeness (QED) is 0.587. The van der Waals surface area contributed by atoms with Crippen molar-refractivity contribution in [3.63, 3.8) is 0 Å². The fourth-order valence-electron chi connectivity index (χ4n) is 1.35. The molecule has 0 bridgehead atoms. The highest BCUT2D eigenvalue weighted by atomic mass is 79.9. The smallest absolute Gasteiger partial charge is 0.234 e. The van der Waals surface area contributed by atoms with Crippen LogP contribution in [-0.4, -0.2) is 27.3 Å². The van der Waals surface area contributed by atoms with Gasteiger partial charge in [0.15, 0.2) is 0 Å². The molecule has 0 saturated carbocycles. The molecule has 1 rings (SSSR count). The monoisotopic (exact) mass is 476 g/mol. The lowest BCUT2D eigenvalue weighted by molar-refractivity contribution is 0.595. The molecule has 0 fully saturated rings. The van der Waals surface area contributed by atoms with Gasteiger partial charge in [-0.15, -0.1) is 0 Å². The molecule has 8 heteroatoms. The predicted molar refractivity (Wildman–Crippen MR) is 90.1 cm³/mol. The van der Waals surface area contributed by atoms with Gasteiger partial charge in [-0.05, 0) is 57.0 Å². The van der Waals surface area contributed by atoms with Crippen molar-refractivity contribution in [2.24, 2.45) is 0 Å². The SMILES string of the molecule is CCCNCCS(=O)(=O)Nc1c(Br)cc(Br)cc1Br. The number of benzene rings is 1. The number of sulfonamides is 1. The summed E-state index contributed by atoms with van der Waals surface area (Å²) >= 11 is 10.0. The number of rotatable bonds is 7. The van der Waals surface area contributed by atoms with E-state index in [0.29, 0.717) is 21.2 Å². The lowest BCUT2D eigenvalue weighted by atomic mass is 10.3. The van der Waals surface area contributed by atoms with E-state index < -0.39 is 10.0 Å². The molecule has 0 aliphatic rings. The first-order valence-corrected chi connectivity index (χ1v) is 9.74. The molecule has 4 nitrogen and oxygen atoms in total. The van der Waals surface area contributed by atoms with Crippen molar-refractivity contribution in [1.29, 1.82) is 0 Å². The summed E-state index contributed by atoms with van der Waals surface area (Å²) in [6, 6.07) is 3.58. The van der Waals surface area contributed by atoms with E-state index in [1.165, 1.54) is 0 Å². The van der Waals surface area contributed by atoms with Crippen molar-refractivity contribution in [3.8, 4) is 0 Å². The van der Waals surface area contributed by atoms with Crippen molar-refractivity contribution in [3.05, 3.63) is 25.6 Å². The van der Waals surface area contributed by atoms with Gasteiger partial charge in [0.25, 0.3) is 0 Å². The Morgan fingerprint density at radius 2 is 1.68 bits per heavy atom. The highest BCUT2D eigenvalue weighted by molar-refractivity contribution is 9.11. The summed E-state index contributed by atoms with van der Waals surface area (Å²) in [5, 5.41) is 3.07. The van der Waals surface area contributed by atoms with E-state index in [1.54, 1.807) is 12.1 Å². The molecule has 2 N–H and O–H groups in total. The maximum atomic E-state index is 11.9. The molecule has 0 saturated heterocycles. The molecule has 0 aromatic heterocycles. The van der Waals surface area contributed by atoms with Gasteiger partial charge in [-0.3, -0.25) is 4.72 Å². The number of nitrogens with one attached hydrogen (secondary N) is 2. The molecule has 19 heavy (non-hydrogen) atoms. The second-order valence-corrected chi connectivity index (χ2v) is 8.38. The third kappa shape index (κ3) is 6.12. The standard InChI is InChI=1S/C11H15Br3N2O2S/c1-2-3-15-4-5-19(17,18)16-11-9(13)6-8(12)7-10(11)14/h6-7,15-16H,2-5H2,1H3. The molecule has 0 unspecified atom stereocenters.